The Morgan fingerprint density at radius 1 is 1.37 bits per heavy atom. The highest BCUT2D eigenvalue weighted by Crippen LogP contribution is 2.15. The van der Waals surface area contributed by atoms with E-state index in [9.17, 15) is 9.18 Å². The SMILES string of the molecule is Cc1cc(C(=O)O)cc(OCc2ccccc2F)n1. The number of nitrogens with zero attached hydrogens (tertiary/aromatic N) is 1. The fraction of sp³-hybridized carbons (Fsp3) is 0.143. The molecule has 0 unspecified atom stereocenters. The normalized spacial score (nSPS) is 10.2. The number of pyridine rings is 1. The smallest absolute Gasteiger partial charge is 0.335 e. The summed E-state index contributed by atoms with van der Waals surface area (Å²) in [4.78, 5) is 14.9. The third-order valence-electron chi connectivity index (χ3n) is 2.51. The third-order valence-corrected chi connectivity index (χ3v) is 2.51. The van der Waals surface area contributed by atoms with E-state index in [0.717, 1.165) is 0 Å². The van der Waals surface area contributed by atoms with Gasteiger partial charge in [-0.3, -0.25) is 0 Å². The van der Waals surface area contributed by atoms with Gasteiger partial charge in [-0.1, -0.05) is 18.2 Å². The van der Waals surface area contributed by atoms with E-state index in [0.29, 0.717) is 11.3 Å². The number of aryl methyl sites for hydroxylation is 1. The van der Waals surface area contributed by atoms with E-state index >= 15 is 0 Å². The van der Waals surface area contributed by atoms with Crippen LogP contribution in [-0.2, 0) is 6.61 Å². The third kappa shape index (κ3) is 3.28. The van der Waals surface area contributed by atoms with Gasteiger partial charge in [-0.15, -0.1) is 0 Å². The second kappa shape index (κ2) is 5.48. The lowest BCUT2D eigenvalue weighted by Crippen LogP contribution is -2.03. The summed E-state index contributed by atoms with van der Waals surface area (Å²) in [6.07, 6.45) is 0. The zero-order valence-corrected chi connectivity index (χ0v) is 10.3. The predicted molar refractivity (Wildman–Crippen MR) is 66.7 cm³/mol. The number of benzene rings is 1. The highest BCUT2D eigenvalue weighted by Gasteiger charge is 2.08. The van der Waals surface area contributed by atoms with Gasteiger partial charge in [-0.05, 0) is 19.1 Å². The molecule has 0 saturated carbocycles. The van der Waals surface area contributed by atoms with Gasteiger partial charge < -0.3 is 9.84 Å². The first-order valence-electron chi connectivity index (χ1n) is 5.64. The molecule has 4 nitrogen and oxygen atoms in total. The van der Waals surface area contributed by atoms with Gasteiger partial charge in [0.2, 0.25) is 5.88 Å². The van der Waals surface area contributed by atoms with Gasteiger partial charge in [-0.25, -0.2) is 14.2 Å². The number of carbonyl (C=O) groups is 1. The van der Waals surface area contributed by atoms with Gasteiger partial charge in [0, 0.05) is 17.3 Å². The van der Waals surface area contributed by atoms with Crippen LogP contribution in [0.3, 0.4) is 0 Å². The van der Waals surface area contributed by atoms with Crippen LogP contribution in [0.5, 0.6) is 5.88 Å². The second-order valence-electron chi connectivity index (χ2n) is 4.02. The molecule has 1 heterocycles. The summed E-state index contributed by atoms with van der Waals surface area (Å²) in [7, 11) is 0. The molecule has 0 aliphatic rings. The van der Waals surface area contributed by atoms with Crippen molar-refractivity contribution < 1.29 is 19.0 Å². The van der Waals surface area contributed by atoms with E-state index in [1.165, 1.54) is 18.2 Å². The zero-order chi connectivity index (χ0) is 13.8. The minimum Gasteiger partial charge on any atom is -0.478 e. The molecule has 0 amide bonds. The molecule has 0 aliphatic heterocycles. The molecule has 0 fully saturated rings. The fourth-order valence-electron chi connectivity index (χ4n) is 1.60. The molecule has 98 valence electrons. The Balaban J connectivity index is 2.16. The molecule has 0 saturated heterocycles. The molecule has 0 atom stereocenters. The van der Waals surface area contributed by atoms with Crippen LogP contribution in [0.25, 0.3) is 0 Å². The molecule has 0 spiro atoms. The lowest BCUT2D eigenvalue weighted by atomic mass is 10.2. The monoisotopic (exact) mass is 261 g/mol. The number of carboxylic acids is 1. The fourth-order valence-corrected chi connectivity index (χ4v) is 1.60. The minimum absolute atomic E-state index is 0.00217. The van der Waals surface area contributed by atoms with Crippen LogP contribution in [0.4, 0.5) is 4.39 Å². The van der Waals surface area contributed by atoms with Crippen molar-refractivity contribution in [1.82, 2.24) is 4.98 Å². The Kier molecular flexibility index (Phi) is 3.75. The molecular formula is C14H12FNO3. The number of aromatic nitrogens is 1. The van der Waals surface area contributed by atoms with Crippen LogP contribution in [0.1, 0.15) is 21.6 Å². The molecule has 0 aliphatic carbocycles. The minimum atomic E-state index is -1.05. The molecule has 1 N–H and O–H groups in total. The standard InChI is InChI=1S/C14H12FNO3/c1-9-6-11(14(17)18)7-13(16-9)19-8-10-4-2-3-5-12(10)15/h2-7H,8H2,1H3,(H,17,18). The van der Waals surface area contributed by atoms with Gasteiger partial charge in [0.25, 0.3) is 0 Å². The largest absolute Gasteiger partial charge is 0.478 e. The van der Waals surface area contributed by atoms with Crippen LogP contribution < -0.4 is 4.74 Å². The van der Waals surface area contributed by atoms with Crippen LogP contribution in [-0.4, -0.2) is 16.1 Å². The Bertz CT molecular complexity index is 613. The molecule has 2 rings (SSSR count). The van der Waals surface area contributed by atoms with Crippen molar-refractivity contribution in [2.75, 3.05) is 0 Å². The van der Waals surface area contributed by atoms with Crippen molar-refractivity contribution in [2.45, 2.75) is 13.5 Å². The Morgan fingerprint density at radius 2 is 2.11 bits per heavy atom. The molecule has 2 aromatic rings. The van der Waals surface area contributed by atoms with E-state index < -0.39 is 5.97 Å². The summed E-state index contributed by atoms with van der Waals surface area (Å²) in [6, 6.07) is 8.99. The molecule has 1 aromatic heterocycles. The summed E-state index contributed by atoms with van der Waals surface area (Å²) in [5.41, 5.74) is 1.02. The van der Waals surface area contributed by atoms with Crippen LogP contribution in [0.2, 0.25) is 0 Å². The van der Waals surface area contributed by atoms with Crippen LogP contribution in [0.15, 0.2) is 36.4 Å². The Hall–Kier alpha value is -2.43. The summed E-state index contributed by atoms with van der Waals surface area (Å²) >= 11 is 0. The van der Waals surface area contributed by atoms with E-state index in [1.54, 1.807) is 25.1 Å². The molecular weight excluding hydrogens is 249 g/mol. The Labute approximate surface area is 109 Å². The summed E-state index contributed by atoms with van der Waals surface area (Å²) in [5.74, 6) is -1.25. The number of hydrogen-bond acceptors (Lipinski definition) is 3. The van der Waals surface area contributed by atoms with Gasteiger partial charge in [0.05, 0.1) is 5.56 Å². The van der Waals surface area contributed by atoms with Gasteiger partial charge in [0.1, 0.15) is 12.4 Å². The molecule has 5 heteroatoms. The molecule has 0 radical (unpaired) electrons. The van der Waals surface area contributed by atoms with E-state index in [2.05, 4.69) is 4.98 Å². The number of carboxylic acid groups (broad SMARTS) is 1. The van der Waals surface area contributed by atoms with Crippen molar-refractivity contribution >= 4 is 5.97 Å². The molecule has 0 bridgehead atoms. The van der Waals surface area contributed by atoms with Gasteiger partial charge in [0.15, 0.2) is 0 Å². The molecule has 1 aromatic carbocycles. The van der Waals surface area contributed by atoms with Gasteiger partial charge >= 0.3 is 5.97 Å². The maximum absolute atomic E-state index is 13.4. The summed E-state index contributed by atoms with van der Waals surface area (Å²) in [6.45, 7) is 1.67. The first kappa shape index (κ1) is 13.0. The van der Waals surface area contributed by atoms with Crippen molar-refractivity contribution in [3.05, 3.63) is 59.0 Å². The maximum atomic E-state index is 13.4. The summed E-state index contributed by atoms with van der Waals surface area (Å²) < 4.78 is 18.7. The zero-order valence-electron chi connectivity index (χ0n) is 10.3. The van der Waals surface area contributed by atoms with E-state index in [-0.39, 0.29) is 23.9 Å². The van der Waals surface area contributed by atoms with Crippen molar-refractivity contribution in [2.24, 2.45) is 0 Å². The number of aromatic carboxylic acids is 1. The summed E-state index contributed by atoms with van der Waals surface area (Å²) in [5, 5.41) is 8.92. The van der Waals surface area contributed by atoms with Crippen LogP contribution in [0, 0.1) is 12.7 Å². The van der Waals surface area contributed by atoms with E-state index in [1.807, 2.05) is 0 Å². The predicted octanol–water partition coefficient (Wildman–Crippen LogP) is 2.81. The lowest BCUT2D eigenvalue weighted by Gasteiger charge is -2.07. The topological polar surface area (TPSA) is 59.4 Å². The maximum Gasteiger partial charge on any atom is 0.335 e. The van der Waals surface area contributed by atoms with E-state index in [4.69, 9.17) is 9.84 Å². The highest BCUT2D eigenvalue weighted by molar-refractivity contribution is 5.87. The first-order valence-corrected chi connectivity index (χ1v) is 5.64. The van der Waals surface area contributed by atoms with Gasteiger partial charge in [-0.2, -0.15) is 0 Å². The first-order chi connectivity index (χ1) is 9.06. The average molecular weight is 261 g/mol. The Morgan fingerprint density at radius 3 is 2.79 bits per heavy atom. The quantitative estimate of drug-likeness (QED) is 0.919. The van der Waals surface area contributed by atoms with Crippen molar-refractivity contribution in [3.8, 4) is 5.88 Å². The average Bonchev–Trinajstić information content (AvgIpc) is 2.37. The number of hydrogen-bond donors (Lipinski definition) is 1. The van der Waals surface area contributed by atoms with Crippen molar-refractivity contribution in [3.63, 3.8) is 0 Å². The number of halogens is 1. The highest BCUT2D eigenvalue weighted by atomic mass is 19.1. The number of rotatable bonds is 4. The number of ether oxygens (including phenoxy) is 1. The van der Waals surface area contributed by atoms with Crippen LogP contribution >= 0.6 is 0 Å². The lowest BCUT2D eigenvalue weighted by molar-refractivity contribution is 0.0696. The molecule has 19 heavy (non-hydrogen) atoms. The van der Waals surface area contributed by atoms with Crippen molar-refractivity contribution in [1.29, 1.82) is 0 Å². The second-order valence-corrected chi connectivity index (χ2v) is 4.02.